The molecule has 2 aromatic carbocycles. The van der Waals surface area contributed by atoms with Crippen molar-refractivity contribution in [3.63, 3.8) is 0 Å². The number of aryl methyl sites for hydroxylation is 2. The van der Waals surface area contributed by atoms with Gasteiger partial charge < -0.3 is 10.1 Å². The van der Waals surface area contributed by atoms with E-state index in [1.54, 1.807) is 7.11 Å². The van der Waals surface area contributed by atoms with Gasteiger partial charge >= 0.3 is 0 Å². The lowest BCUT2D eigenvalue weighted by Crippen LogP contribution is -2.12. The zero-order valence-electron chi connectivity index (χ0n) is 14.2. The Balaban J connectivity index is 1.77. The highest BCUT2D eigenvalue weighted by molar-refractivity contribution is 9.10. The fourth-order valence-corrected chi connectivity index (χ4v) is 3.78. The van der Waals surface area contributed by atoms with Crippen molar-refractivity contribution in [3.05, 3.63) is 58.2 Å². The second kappa shape index (κ2) is 6.52. The maximum atomic E-state index is 5.34. The minimum absolute atomic E-state index is 0.181. The molecule has 5 nitrogen and oxygen atoms in total. The Kier molecular flexibility index (Phi) is 4.21. The summed E-state index contributed by atoms with van der Waals surface area (Å²) in [6.45, 7) is 2.84. The summed E-state index contributed by atoms with van der Waals surface area (Å²) in [6.07, 6.45) is 0.927. The van der Waals surface area contributed by atoms with Gasteiger partial charge in [-0.25, -0.2) is 4.68 Å². The Hall–Kier alpha value is -2.34. The van der Waals surface area contributed by atoms with Gasteiger partial charge in [0.2, 0.25) is 0 Å². The number of nitrogens with zero attached hydrogens (tertiary/aromatic N) is 3. The third-order valence-electron chi connectivity index (χ3n) is 4.59. The van der Waals surface area contributed by atoms with Crippen molar-refractivity contribution in [2.45, 2.75) is 25.9 Å². The molecular formula is C19H19BrN4O. The van der Waals surface area contributed by atoms with Gasteiger partial charge in [0, 0.05) is 28.3 Å². The Labute approximate surface area is 155 Å². The molecule has 0 radical (unpaired) electrons. The summed E-state index contributed by atoms with van der Waals surface area (Å²) in [5.74, 6) is 0.848. The van der Waals surface area contributed by atoms with Crippen LogP contribution in [0.15, 0.2) is 46.9 Å². The second-order valence-corrected chi connectivity index (χ2v) is 7.11. The number of fused-ring (bicyclic) bond motifs is 3. The molecule has 0 amide bonds. The third-order valence-corrected chi connectivity index (χ3v) is 5.08. The Morgan fingerprint density at radius 2 is 2.12 bits per heavy atom. The molecule has 0 spiro atoms. The Bertz CT molecular complexity index is 922. The molecule has 128 valence electrons. The fraction of sp³-hybridized carbons (Fsp3) is 0.263. The van der Waals surface area contributed by atoms with Crippen molar-refractivity contribution < 1.29 is 4.74 Å². The summed E-state index contributed by atoms with van der Waals surface area (Å²) in [6, 6.07) is 14.6. The van der Waals surface area contributed by atoms with Crippen molar-refractivity contribution in [3.8, 4) is 17.0 Å². The van der Waals surface area contributed by atoms with E-state index in [9.17, 15) is 0 Å². The van der Waals surface area contributed by atoms with Gasteiger partial charge in [0.05, 0.1) is 24.5 Å². The summed E-state index contributed by atoms with van der Waals surface area (Å²) in [4.78, 5) is 0. The van der Waals surface area contributed by atoms with Crippen LogP contribution in [0, 0.1) is 6.92 Å². The van der Waals surface area contributed by atoms with E-state index in [4.69, 9.17) is 4.74 Å². The maximum absolute atomic E-state index is 5.34. The first-order valence-corrected chi connectivity index (χ1v) is 9.05. The number of rotatable bonds is 3. The first-order chi connectivity index (χ1) is 12.2. The zero-order valence-corrected chi connectivity index (χ0v) is 15.7. The predicted molar refractivity (Wildman–Crippen MR) is 102 cm³/mol. The van der Waals surface area contributed by atoms with Crippen LogP contribution in [0.4, 0.5) is 5.69 Å². The SMILES string of the molecule is COc1cccc(NC2CCn3nnc(C)c3-c3ccc(Br)cc32)c1. The van der Waals surface area contributed by atoms with Gasteiger partial charge in [0.15, 0.2) is 0 Å². The molecule has 3 aromatic rings. The number of halogens is 1. The topological polar surface area (TPSA) is 52.0 Å². The van der Waals surface area contributed by atoms with Crippen LogP contribution in [0.2, 0.25) is 0 Å². The van der Waals surface area contributed by atoms with Crippen molar-refractivity contribution in [1.29, 1.82) is 0 Å². The van der Waals surface area contributed by atoms with Crippen LogP contribution in [0.1, 0.15) is 23.7 Å². The number of benzene rings is 2. The molecule has 4 rings (SSSR count). The molecule has 1 aliphatic heterocycles. The Morgan fingerprint density at radius 3 is 2.96 bits per heavy atom. The Morgan fingerprint density at radius 1 is 1.24 bits per heavy atom. The van der Waals surface area contributed by atoms with Crippen LogP contribution in [-0.4, -0.2) is 22.1 Å². The molecule has 25 heavy (non-hydrogen) atoms. The molecule has 1 unspecified atom stereocenters. The van der Waals surface area contributed by atoms with Gasteiger partial charge in [-0.3, -0.25) is 0 Å². The molecule has 0 saturated heterocycles. The minimum Gasteiger partial charge on any atom is -0.497 e. The van der Waals surface area contributed by atoms with E-state index in [0.717, 1.165) is 40.3 Å². The molecule has 1 aliphatic rings. The van der Waals surface area contributed by atoms with Gasteiger partial charge in [-0.1, -0.05) is 33.3 Å². The summed E-state index contributed by atoms with van der Waals surface area (Å²) >= 11 is 3.62. The van der Waals surface area contributed by atoms with Crippen molar-refractivity contribution in [2.75, 3.05) is 12.4 Å². The quantitative estimate of drug-likeness (QED) is 0.701. The average Bonchev–Trinajstić information content (AvgIpc) is 2.91. The first-order valence-electron chi connectivity index (χ1n) is 8.26. The van der Waals surface area contributed by atoms with E-state index in [1.807, 2.05) is 29.8 Å². The van der Waals surface area contributed by atoms with Crippen LogP contribution in [0.25, 0.3) is 11.3 Å². The highest BCUT2D eigenvalue weighted by Gasteiger charge is 2.25. The van der Waals surface area contributed by atoms with Crippen molar-refractivity contribution >= 4 is 21.6 Å². The molecule has 1 atom stereocenters. The molecule has 0 bridgehead atoms. The van der Waals surface area contributed by atoms with Crippen LogP contribution >= 0.6 is 15.9 Å². The minimum atomic E-state index is 0.181. The number of hydrogen-bond donors (Lipinski definition) is 1. The number of aromatic nitrogens is 3. The molecule has 2 heterocycles. The van der Waals surface area contributed by atoms with Gasteiger partial charge in [0.1, 0.15) is 5.75 Å². The first kappa shape index (κ1) is 16.1. The van der Waals surface area contributed by atoms with E-state index in [1.165, 1.54) is 11.1 Å². The van der Waals surface area contributed by atoms with E-state index in [-0.39, 0.29) is 6.04 Å². The number of methoxy groups -OCH3 is 1. The summed E-state index contributed by atoms with van der Waals surface area (Å²) in [5.41, 5.74) is 5.55. The normalized spacial score (nSPS) is 15.9. The second-order valence-electron chi connectivity index (χ2n) is 6.20. The van der Waals surface area contributed by atoms with E-state index >= 15 is 0 Å². The third kappa shape index (κ3) is 3.02. The average molecular weight is 399 g/mol. The van der Waals surface area contributed by atoms with Crippen molar-refractivity contribution in [1.82, 2.24) is 15.0 Å². The molecule has 0 saturated carbocycles. The molecular weight excluding hydrogens is 380 g/mol. The van der Waals surface area contributed by atoms with Gasteiger partial charge in [-0.15, -0.1) is 5.10 Å². The molecule has 0 fully saturated rings. The van der Waals surface area contributed by atoms with E-state index < -0.39 is 0 Å². The molecule has 1 aromatic heterocycles. The van der Waals surface area contributed by atoms with E-state index in [0.29, 0.717) is 0 Å². The standard InChI is InChI=1S/C19H19BrN4O/c1-12-19-16-7-6-13(20)10-17(16)18(8-9-24(19)23-22-12)21-14-4-3-5-15(11-14)25-2/h3-7,10-11,18,21H,8-9H2,1-2H3. The smallest absolute Gasteiger partial charge is 0.120 e. The number of ether oxygens (including phenoxy) is 1. The van der Waals surface area contributed by atoms with Crippen LogP contribution < -0.4 is 10.1 Å². The largest absolute Gasteiger partial charge is 0.497 e. The molecule has 0 aliphatic carbocycles. The highest BCUT2D eigenvalue weighted by atomic mass is 79.9. The monoisotopic (exact) mass is 398 g/mol. The number of nitrogens with one attached hydrogen (secondary N) is 1. The van der Waals surface area contributed by atoms with Crippen molar-refractivity contribution in [2.24, 2.45) is 0 Å². The van der Waals surface area contributed by atoms with Gasteiger partial charge in [-0.05, 0) is 43.2 Å². The summed E-state index contributed by atoms with van der Waals surface area (Å²) in [7, 11) is 1.69. The van der Waals surface area contributed by atoms with Crippen LogP contribution in [-0.2, 0) is 6.54 Å². The number of hydrogen-bond acceptors (Lipinski definition) is 4. The molecule has 6 heteroatoms. The highest BCUT2D eigenvalue weighted by Crippen LogP contribution is 2.38. The maximum Gasteiger partial charge on any atom is 0.120 e. The zero-order chi connectivity index (χ0) is 17.4. The summed E-state index contributed by atoms with van der Waals surface area (Å²) in [5, 5.41) is 12.2. The lowest BCUT2D eigenvalue weighted by molar-refractivity contribution is 0.415. The number of anilines is 1. The van der Waals surface area contributed by atoms with Crippen LogP contribution in [0.3, 0.4) is 0 Å². The lowest BCUT2D eigenvalue weighted by atomic mass is 9.96. The lowest BCUT2D eigenvalue weighted by Gasteiger charge is -2.21. The van der Waals surface area contributed by atoms with Gasteiger partial charge in [0.25, 0.3) is 0 Å². The van der Waals surface area contributed by atoms with Gasteiger partial charge in [-0.2, -0.15) is 0 Å². The predicted octanol–water partition coefficient (Wildman–Crippen LogP) is 4.58. The fourth-order valence-electron chi connectivity index (χ4n) is 3.40. The molecule has 1 N–H and O–H groups in total. The van der Waals surface area contributed by atoms with Crippen LogP contribution in [0.5, 0.6) is 5.75 Å². The van der Waals surface area contributed by atoms with E-state index in [2.05, 4.69) is 55.8 Å². The summed E-state index contributed by atoms with van der Waals surface area (Å²) < 4.78 is 8.42.